The minimum absolute atomic E-state index is 0.500. The molecule has 118 valence electrons. The topological polar surface area (TPSA) is 116 Å². The lowest BCUT2D eigenvalue weighted by atomic mass is 10.1. The molecule has 0 saturated carbocycles. The molecule has 23 heavy (non-hydrogen) atoms. The lowest BCUT2D eigenvalue weighted by Gasteiger charge is -2.07. The Hall–Kier alpha value is -3.09. The molecular weight excluding hydrogens is 292 g/mol. The van der Waals surface area contributed by atoms with Crippen LogP contribution in [0.25, 0.3) is 0 Å². The average Bonchev–Trinajstić information content (AvgIpc) is 2.50. The molecule has 0 fully saturated rings. The van der Waals surface area contributed by atoms with Crippen molar-refractivity contribution in [3.8, 4) is 0 Å². The number of amides is 2. The van der Waals surface area contributed by atoms with Crippen molar-refractivity contribution < 1.29 is 6.21 Å². The van der Waals surface area contributed by atoms with Gasteiger partial charge in [-0.15, -0.1) is 5.11 Å². The number of rotatable bonds is 4. The first-order chi connectivity index (χ1) is 11.4. The molecule has 0 spiro atoms. The van der Waals surface area contributed by atoms with Crippen LogP contribution in [0.5, 0.6) is 0 Å². The van der Waals surface area contributed by atoms with Crippen molar-refractivity contribution in [1.29, 1.82) is 5.52 Å². The van der Waals surface area contributed by atoms with E-state index in [1.807, 2.05) is 32.9 Å². The predicted octanol–water partition coefficient (Wildman–Crippen LogP) is 5.18. The molecule has 0 bridgehead atoms. The number of aryl methyl sites for hydroxylation is 3. The molecule has 0 unspecified atom stereocenters. The van der Waals surface area contributed by atoms with E-state index in [0.717, 1.165) is 16.7 Å². The smallest absolute Gasteiger partial charge is 0.316 e. The molecule has 0 atom stereocenters. The van der Waals surface area contributed by atoms with E-state index in [-0.39, 0.29) is 0 Å². The summed E-state index contributed by atoms with van der Waals surface area (Å²) in [5, 5.41) is 14.7. The zero-order chi connectivity index (χ0) is 17.7. The molecule has 2 rings (SSSR count). The Bertz CT molecular complexity index is 832. The first kappa shape index (κ1) is 14.8. The molecule has 0 saturated heterocycles. The fourth-order valence-corrected chi connectivity index (χ4v) is 2.08. The first-order valence-corrected chi connectivity index (χ1v) is 6.96. The molecule has 0 radical (unpaired) electrons. The van der Waals surface area contributed by atoms with E-state index in [1.165, 1.54) is 0 Å². The zero-order valence-corrected chi connectivity index (χ0v) is 13.2. The van der Waals surface area contributed by atoms with Crippen molar-refractivity contribution in [2.75, 3.05) is 5.32 Å². The number of carbonyl (C=O) groups excluding carboxylic acids is 1. The van der Waals surface area contributed by atoms with Gasteiger partial charge in [0.05, 0.1) is 17.1 Å². The molecule has 7 heteroatoms. The molecule has 2 amide bonds. The van der Waals surface area contributed by atoms with E-state index in [4.69, 9.17) is 7.15 Å². The number of azo groups is 1. The number of anilines is 1. The van der Waals surface area contributed by atoms with Crippen LogP contribution < -0.4 is 11.1 Å². The second kappa shape index (κ2) is 6.78. The lowest BCUT2D eigenvalue weighted by Crippen LogP contribution is -2.19. The second-order valence-corrected chi connectivity index (χ2v) is 5.24. The van der Waals surface area contributed by atoms with Crippen molar-refractivity contribution in [2.45, 2.75) is 20.8 Å². The Balaban J connectivity index is 2.38. The largest absolute Gasteiger partial charge is 0.351 e. The highest BCUT2D eigenvalue weighted by molar-refractivity contribution is 5.91. The second-order valence-electron chi connectivity index (χ2n) is 5.24. The van der Waals surface area contributed by atoms with Crippen molar-refractivity contribution in [3.05, 3.63) is 47.0 Å². The summed E-state index contributed by atoms with van der Waals surface area (Å²) in [6.45, 7) is 5.63. The Kier molecular flexibility index (Phi) is 4.37. The molecule has 2 aromatic carbocycles. The average molecular weight is 311 g/mol. The van der Waals surface area contributed by atoms with Gasteiger partial charge in [-0.2, -0.15) is 10.2 Å². The molecular formula is C16H18N6O. The van der Waals surface area contributed by atoms with Gasteiger partial charge < -0.3 is 11.1 Å². The molecule has 0 aliphatic carbocycles. The quantitative estimate of drug-likeness (QED) is 0.663. The van der Waals surface area contributed by atoms with Crippen molar-refractivity contribution in [3.63, 3.8) is 0 Å². The van der Waals surface area contributed by atoms with E-state index < -0.39 is 6.03 Å². The molecule has 0 aliphatic heterocycles. The Morgan fingerprint density at radius 1 is 1.09 bits per heavy atom. The summed E-state index contributed by atoms with van der Waals surface area (Å²) in [6, 6.07) is 8.35. The summed E-state index contributed by atoms with van der Waals surface area (Å²) < 4.78 is 6.82. The van der Waals surface area contributed by atoms with E-state index >= 15 is 0 Å². The minimum Gasteiger partial charge on any atom is -0.351 e. The number of urea groups is 1. The summed E-state index contributed by atoms with van der Waals surface area (Å²) in [4.78, 5) is 11.1. The van der Waals surface area contributed by atoms with E-state index in [0.29, 0.717) is 22.7 Å². The van der Waals surface area contributed by atoms with Crippen LogP contribution in [0.1, 0.15) is 16.7 Å². The van der Waals surface area contributed by atoms with Gasteiger partial charge in [0.1, 0.15) is 5.69 Å². The normalized spacial score (nSPS) is 11.9. The van der Waals surface area contributed by atoms with Crippen molar-refractivity contribution in [2.24, 2.45) is 21.1 Å². The summed E-state index contributed by atoms with van der Waals surface area (Å²) in [5.74, 6) is 0. The van der Waals surface area contributed by atoms with Gasteiger partial charge in [-0.3, -0.25) is 0 Å². The Labute approximate surface area is 135 Å². The van der Waals surface area contributed by atoms with Crippen molar-refractivity contribution in [1.82, 2.24) is 0 Å². The standard InChI is InChI=1S/C16H18N6O/c1-9-4-5-12(15(6-9)19-16(17)23)21-22-14-8-10(2)13(20-18)7-11(14)3/h4-8,18H,1-3H3,(H3,17,19,23)/i/hD. The number of hydrogen-bond donors (Lipinski definition) is 3. The molecule has 0 aromatic heterocycles. The van der Waals surface area contributed by atoms with Crippen LogP contribution in [0.3, 0.4) is 0 Å². The van der Waals surface area contributed by atoms with Gasteiger partial charge in [0.15, 0.2) is 0 Å². The number of benzene rings is 2. The number of nitrogens with one attached hydrogen (secondary N) is 2. The fraction of sp³-hybridized carbons (Fsp3) is 0.188. The lowest BCUT2D eigenvalue weighted by molar-refractivity contribution is 0.259. The van der Waals surface area contributed by atoms with E-state index in [9.17, 15) is 4.79 Å². The van der Waals surface area contributed by atoms with Gasteiger partial charge in [0.25, 0.3) is 0 Å². The van der Waals surface area contributed by atoms with Crippen LogP contribution in [-0.4, -0.2) is 6.03 Å². The van der Waals surface area contributed by atoms with E-state index in [2.05, 4.69) is 26.2 Å². The number of nitrogens with zero attached hydrogens (tertiary/aromatic N) is 3. The third kappa shape index (κ3) is 3.97. The highest BCUT2D eigenvalue weighted by atomic mass is 16.2. The maximum atomic E-state index is 11.1. The van der Waals surface area contributed by atoms with Gasteiger partial charge >= 0.3 is 6.03 Å². The summed E-state index contributed by atoms with van der Waals surface area (Å²) in [7, 11) is 0. The van der Waals surface area contributed by atoms with Crippen LogP contribution in [0, 0.1) is 26.3 Å². The fourth-order valence-electron chi connectivity index (χ4n) is 2.08. The molecule has 0 heterocycles. The van der Waals surface area contributed by atoms with Crippen LogP contribution in [-0.2, 0) is 0 Å². The van der Waals surface area contributed by atoms with Gasteiger partial charge in [0, 0.05) is 0 Å². The van der Waals surface area contributed by atoms with Gasteiger partial charge in [0.2, 0.25) is 1.41 Å². The van der Waals surface area contributed by atoms with Crippen LogP contribution in [0.2, 0.25) is 1.41 Å². The van der Waals surface area contributed by atoms with Crippen LogP contribution in [0.15, 0.2) is 45.7 Å². The summed E-state index contributed by atoms with van der Waals surface area (Å²) in [5.41, 5.74) is 13.2. The molecule has 4 N–H and O–H groups in total. The number of primary amides is 1. The third-order valence-corrected chi connectivity index (χ3v) is 3.30. The Morgan fingerprint density at radius 3 is 2.43 bits per heavy atom. The monoisotopic (exact) mass is 311 g/mol. The zero-order valence-electron chi connectivity index (χ0n) is 14.2. The third-order valence-electron chi connectivity index (χ3n) is 3.30. The molecule has 0 aliphatic rings. The number of hydrogen-bond acceptors (Lipinski definition) is 5. The maximum Gasteiger partial charge on any atom is 0.316 e. The summed E-state index contributed by atoms with van der Waals surface area (Å²) >= 11 is 0. The van der Waals surface area contributed by atoms with Crippen molar-refractivity contribution >= 4 is 28.8 Å². The van der Waals surface area contributed by atoms with Gasteiger partial charge in [-0.1, -0.05) is 6.07 Å². The summed E-state index contributed by atoms with van der Waals surface area (Å²) in [6.07, 6.45) is 0. The van der Waals surface area contributed by atoms with Crippen LogP contribution in [0.4, 0.5) is 27.5 Å². The maximum absolute atomic E-state index is 11.1. The SMILES string of the molecule is [2H]N=Nc1cc(C)c(N=Nc2ccc(C)cc2NC(N)=O)cc1C. The van der Waals surface area contributed by atoms with Crippen LogP contribution >= 0.6 is 0 Å². The Morgan fingerprint density at radius 2 is 1.74 bits per heavy atom. The first-order valence-electron chi connectivity index (χ1n) is 7.40. The minimum atomic E-state index is -0.658. The molecule has 2 aromatic rings. The van der Waals surface area contributed by atoms with Gasteiger partial charge in [-0.05, 0) is 61.7 Å². The van der Waals surface area contributed by atoms with E-state index in [1.54, 1.807) is 18.2 Å². The van der Waals surface area contributed by atoms with Gasteiger partial charge in [-0.25, -0.2) is 10.3 Å². The number of nitrogens with two attached hydrogens (primary N) is 1. The highest BCUT2D eigenvalue weighted by Crippen LogP contribution is 2.32. The number of carbonyl (C=O) groups is 1. The highest BCUT2D eigenvalue weighted by Gasteiger charge is 2.06. The predicted molar refractivity (Wildman–Crippen MR) is 89.3 cm³/mol. The molecule has 7 nitrogen and oxygen atoms in total.